The van der Waals surface area contributed by atoms with E-state index in [2.05, 4.69) is 10.4 Å². The summed E-state index contributed by atoms with van der Waals surface area (Å²) in [4.78, 5) is 4.09. The monoisotopic (exact) mass is 286 g/mol. The SMILES string of the molecule is CCC1CN(S(=O)(=O)c2ccnc(NN)c2)CCO1. The van der Waals surface area contributed by atoms with Crippen molar-refractivity contribution < 1.29 is 13.2 Å². The maximum Gasteiger partial charge on any atom is 0.243 e. The Bertz CT molecular complexity index is 534. The second-order valence-corrected chi connectivity index (χ2v) is 6.22. The van der Waals surface area contributed by atoms with E-state index in [4.69, 9.17) is 10.6 Å². The molecule has 0 aromatic carbocycles. The average molecular weight is 286 g/mol. The fourth-order valence-corrected chi connectivity index (χ4v) is 3.43. The van der Waals surface area contributed by atoms with Crippen LogP contribution in [-0.2, 0) is 14.8 Å². The van der Waals surface area contributed by atoms with Crippen molar-refractivity contribution in [2.45, 2.75) is 24.3 Å². The van der Waals surface area contributed by atoms with Crippen LogP contribution in [0.3, 0.4) is 0 Å². The number of pyridine rings is 1. The van der Waals surface area contributed by atoms with Gasteiger partial charge in [-0.3, -0.25) is 0 Å². The molecule has 1 aliphatic rings. The van der Waals surface area contributed by atoms with Crippen LogP contribution in [0.2, 0.25) is 0 Å². The number of rotatable bonds is 4. The number of hydrogen-bond donors (Lipinski definition) is 2. The lowest BCUT2D eigenvalue weighted by molar-refractivity contribution is -0.00277. The molecule has 2 heterocycles. The molecule has 106 valence electrons. The van der Waals surface area contributed by atoms with E-state index in [0.717, 1.165) is 6.42 Å². The standard InChI is InChI=1S/C11H18N4O3S/c1-2-9-8-15(5-6-18-9)19(16,17)10-3-4-13-11(7-10)14-12/h3-4,7,9H,2,5-6,8,12H2,1H3,(H,13,14). The third kappa shape index (κ3) is 3.03. The minimum atomic E-state index is -3.52. The number of nitrogens with one attached hydrogen (secondary N) is 1. The molecule has 0 saturated carbocycles. The summed E-state index contributed by atoms with van der Waals surface area (Å²) in [5, 5.41) is 0. The highest BCUT2D eigenvalue weighted by Crippen LogP contribution is 2.20. The van der Waals surface area contributed by atoms with Crippen LogP contribution < -0.4 is 11.3 Å². The Morgan fingerprint density at radius 3 is 3.11 bits per heavy atom. The number of nitrogens with two attached hydrogens (primary N) is 1. The fourth-order valence-electron chi connectivity index (χ4n) is 1.96. The first-order valence-corrected chi connectivity index (χ1v) is 7.56. The van der Waals surface area contributed by atoms with Crippen LogP contribution >= 0.6 is 0 Å². The fraction of sp³-hybridized carbons (Fsp3) is 0.545. The summed E-state index contributed by atoms with van der Waals surface area (Å²) >= 11 is 0. The molecular weight excluding hydrogens is 268 g/mol. The van der Waals surface area contributed by atoms with E-state index in [1.165, 1.54) is 22.6 Å². The van der Waals surface area contributed by atoms with Gasteiger partial charge >= 0.3 is 0 Å². The van der Waals surface area contributed by atoms with Crippen LogP contribution in [0.25, 0.3) is 0 Å². The van der Waals surface area contributed by atoms with Crippen molar-refractivity contribution >= 4 is 15.8 Å². The zero-order valence-electron chi connectivity index (χ0n) is 10.7. The van der Waals surface area contributed by atoms with Crippen LogP contribution in [-0.4, -0.2) is 43.5 Å². The Kier molecular flexibility index (Phi) is 4.35. The predicted octanol–water partition coefficient (Wildman–Crippen LogP) is 0.167. The maximum atomic E-state index is 12.5. The molecule has 0 radical (unpaired) electrons. The van der Waals surface area contributed by atoms with Gasteiger partial charge in [0.15, 0.2) is 0 Å². The van der Waals surface area contributed by atoms with E-state index < -0.39 is 10.0 Å². The lowest BCUT2D eigenvalue weighted by atomic mass is 10.2. The number of sulfonamides is 1. The summed E-state index contributed by atoms with van der Waals surface area (Å²) in [6, 6.07) is 2.89. The van der Waals surface area contributed by atoms with Gasteiger partial charge in [-0.2, -0.15) is 4.31 Å². The number of hydrazine groups is 1. The van der Waals surface area contributed by atoms with Gasteiger partial charge in [-0.25, -0.2) is 19.2 Å². The summed E-state index contributed by atoms with van der Waals surface area (Å²) in [6.45, 7) is 3.15. The van der Waals surface area contributed by atoms with E-state index >= 15 is 0 Å². The Labute approximate surface area is 112 Å². The maximum absolute atomic E-state index is 12.5. The predicted molar refractivity (Wildman–Crippen MR) is 70.8 cm³/mol. The summed E-state index contributed by atoms with van der Waals surface area (Å²) in [5.41, 5.74) is 2.34. The van der Waals surface area contributed by atoms with Crippen LogP contribution in [0.4, 0.5) is 5.82 Å². The topological polar surface area (TPSA) is 97.6 Å². The number of nitrogens with zero attached hydrogens (tertiary/aromatic N) is 2. The second kappa shape index (κ2) is 5.83. The van der Waals surface area contributed by atoms with Crippen molar-refractivity contribution in [3.8, 4) is 0 Å². The zero-order chi connectivity index (χ0) is 13.9. The second-order valence-electron chi connectivity index (χ2n) is 4.29. The molecule has 0 bridgehead atoms. The number of aromatic nitrogens is 1. The van der Waals surface area contributed by atoms with Crippen molar-refractivity contribution in [3.05, 3.63) is 18.3 Å². The lowest BCUT2D eigenvalue weighted by Crippen LogP contribution is -2.45. The third-order valence-corrected chi connectivity index (χ3v) is 4.94. The highest BCUT2D eigenvalue weighted by molar-refractivity contribution is 7.89. The highest BCUT2D eigenvalue weighted by atomic mass is 32.2. The van der Waals surface area contributed by atoms with Gasteiger partial charge in [-0.15, -0.1) is 0 Å². The number of anilines is 1. The first-order valence-electron chi connectivity index (χ1n) is 6.12. The average Bonchev–Trinajstić information content (AvgIpc) is 2.47. The Morgan fingerprint density at radius 1 is 1.63 bits per heavy atom. The number of nitrogen functional groups attached to an aromatic ring is 1. The van der Waals surface area contributed by atoms with Crippen molar-refractivity contribution in [2.75, 3.05) is 25.1 Å². The first-order chi connectivity index (χ1) is 9.07. The Morgan fingerprint density at radius 2 is 2.42 bits per heavy atom. The minimum absolute atomic E-state index is 0.0440. The van der Waals surface area contributed by atoms with Gasteiger partial charge in [0.1, 0.15) is 5.82 Å². The van der Waals surface area contributed by atoms with Crippen LogP contribution in [0.5, 0.6) is 0 Å². The van der Waals surface area contributed by atoms with E-state index in [1.807, 2.05) is 6.92 Å². The number of morpholine rings is 1. The summed E-state index contributed by atoms with van der Waals surface area (Å²) < 4.78 is 31.9. The smallest absolute Gasteiger partial charge is 0.243 e. The molecule has 1 saturated heterocycles. The molecule has 0 spiro atoms. The van der Waals surface area contributed by atoms with Gasteiger partial charge < -0.3 is 10.2 Å². The van der Waals surface area contributed by atoms with Gasteiger partial charge in [0.25, 0.3) is 0 Å². The number of ether oxygens (including phenoxy) is 1. The summed E-state index contributed by atoms with van der Waals surface area (Å²) in [7, 11) is -3.52. The van der Waals surface area contributed by atoms with Gasteiger partial charge in [0.2, 0.25) is 10.0 Å². The van der Waals surface area contributed by atoms with Gasteiger partial charge in [0.05, 0.1) is 17.6 Å². The third-order valence-electron chi connectivity index (χ3n) is 3.07. The first kappa shape index (κ1) is 14.2. The van der Waals surface area contributed by atoms with Crippen molar-refractivity contribution in [1.29, 1.82) is 0 Å². The molecule has 1 unspecified atom stereocenters. The molecular formula is C11H18N4O3S. The molecule has 8 heteroatoms. The van der Waals surface area contributed by atoms with Crippen LogP contribution in [0.15, 0.2) is 23.2 Å². The van der Waals surface area contributed by atoms with E-state index in [1.54, 1.807) is 0 Å². The Hall–Kier alpha value is -1.22. The molecule has 19 heavy (non-hydrogen) atoms. The summed E-state index contributed by atoms with van der Waals surface area (Å²) in [5.74, 6) is 5.56. The molecule has 1 fully saturated rings. The zero-order valence-corrected chi connectivity index (χ0v) is 11.6. The number of hydrogen-bond acceptors (Lipinski definition) is 6. The van der Waals surface area contributed by atoms with Crippen LogP contribution in [0.1, 0.15) is 13.3 Å². The van der Waals surface area contributed by atoms with Crippen molar-refractivity contribution in [2.24, 2.45) is 5.84 Å². The van der Waals surface area contributed by atoms with Gasteiger partial charge in [0, 0.05) is 25.4 Å². The summed E-state index contributed by atoms with van der Waals surface area (Å²) in [6.07, 6.45) is 2.16. The largest absolute Gasteiger partial charge is 0.375 e. The minimum Gasteiger partial charge on any atom is -0.375 e. The Balaban J connectivity index is 2.25. The van der Waals surface area contributed by atoms with E-state index in [-0.39, 0.29) is 11.0 Å². The van der Waals surface area contributed by atoms with Gasteiger partial charge in [-0.1, -0.05) is 6.92 Å². The molecule has 1 aromatic rings. The highest BCUT2D eigenvalue weighted by Gasteiger charge is 2.30. The molecule has 2 rings (SSSR count). The molecule has 7 nitrogen and oxygen atoms in total. The molecule has 0 aliphatic carbocycles. The molecule has 1 aromatic heterocycles. The van der Waals surface area contributed by atoms with Crippen molar-refractivity contribution in [1.82, 2.24) is 9.29 Å². The van der Waals surface area contributed by atoms with Crippen LogP contribution in [0, 0.1) is 0 Å². The molecule has 1 atom stereocenters. The molecule has 1 aliphatic heterocycles. The van der Waals surface area contributed by atoms with E-state index in [9.17, 15) is 8.42 Å². The quantitative estimate of drug-likeness (QED) is 0.605. The lowest BCUT2D eigenvalue weighted by Gasteiger charge is -2.31. The molecule has 3 N–H and O–H groups in total. The molecule has 0 amide bonds. The van der Waals surface area contributed by atoms with Crippen molar-refractivity contribution in [3.63, 3.8) is 0 Å². The normalized spacial score (nSPS) is 21.3. The van der Waals surface area contributed by atoms with E-state index in [0.29, 0.717) is 25.5 Å². The van der Waals surface area contributed by atoms with Gasteiger partial charge in [-0.05, 0) is 12.5 Å².